The first kappa shape index (κ1) is 62.8. The van der Waals surface area contributed by atoms with Gasteiger partial charge in [-0.3, -0.25) is 9.59 Å². The molecule has 0 aromatic heterocycles. The lowest BCUT2D eigenvalue weighted by molar-refractivity contribution is -0.163. The van der Waals surface area contributed by atoms with Crippen LogP contribution >= 0.6 is 0 Å². The summed E-state index contributed by atoms with van der Waals surface area (Å²) in [6.45, 7) is 7.55. The molecule has 0 radical (unpaired) electrons. The van der Waals surface area contributed by atoms with E-state index in [0.29, 0.717) is 19.4 Å². The highest BCUT2D eigenvalue weighted by Crippen LogP contribution is 2.15. The van der Waals surface area contributed by atoms with Crippen molar-refractivity contribution in [1.82, 2.24) is 0 Å². The van der Waals surface area contributed by atoms with Crippen LogP contribution in [0.15, 0.2) is 97.2 Å². The Hall–Kier alpha value is -3.18. The van der Waals surface area contributed by atoms with E-state index in [-0.39, 0.29) is 25.2 Å². The molecule has 0 fully saturated rings. The smallest absolute Gasteiger partial charge is 0.306 e. The van der Waals surface area contributed by atoms with Crippen molar-refractivity contribution in [2.75, 3.05) is 19.8 Å². The van der Waals surface area contributed by atoms with E-state index in [9.17, 15) is 9.59 Å². The van der Waals surface area contributed by atoms with Crippen molar-refractivity contribution in [3.05, 3.63) is 97.2 Å². The monoisotopic (exact) mass is 917 g/mol. The highest BCUT2D eigenvalue weighted by Gasteiger charge is 2.17. The number of esters is 2. The van der Waals surface area contributed by atoms with Gasteiger partial charge in [-0.2, -0.15) is 0 Å². The average molecular weight is 917 g/mol. The first-order valence-corrected chi connectivity index (χ1v) is 27.8. The van der Waals surface area contributed by atoms with Crippen LogP contribution in [0.2, 0.25) is 0 Å². The number of allylic oxidation sites excluding steroid dienone is 16. The Morgan fingerprint density at radius 3 is 1.12 bits per heavy atom. The van der Waals surface area contributed by atoms with Crippen LogP contribution in [0.3, 0.4) is 0 Å². The van der Waals surface area contributed by atoms with Crippen molar-refractivity contribution in [3.63, 3.8) is 0 Å². The van der Waals surface area contributed by atoms with Crippen molar-refractivity contribution in [1.29, 1.82) is 0 Å². The lowest BCUT2D eigenvalue weighted by Gasteiger charge is -2.18. The summed E-state index contributed by atoms with van der Waals surface area (Å²) in [5.41, 5.74) is 0. The number of ether oxygens (including phenoxy) is 3. The van der Waals surface area contributed by atoms with Gasteiger partial charge in [0.2, 0.25) is 0 Å². The molecule has 0 bridgehead atoms. The van der Waals surface area contributed by atoms with E-state index >= 15 is 0 Å². The van der Waals surface area contributed by atoms with Gasteiger partial charge in [-0.15, -0.1) is 0 Å². The average Bonchev–Trinajstić information content (AvgIpc) is 3.32. The predicted molar refractivity (Wildman–Crippen MR) is 288 cm³/mol. The van der Waals surface area contributed by atoms with Gasteiger partial charge in [-0.1, -0.05) is 240 Å². The summed E-state index contributed by atoms with van der Waals surface area (Å²) >= 11 is 0. The maximum absolute atomic E-state index is 12.8. The van der Waals surface area contributed by atoms with E-state index in [1.807, 2.05) is 0 Å². The summed E-state index contributed by atoms with van der Waals surface area (Å²) in [5, 5.41) is 0. The van der Waals surface area contributed by atoms with Crippen LogP contribution in [-0.4, -0.2) is 37.9 Å². The minimum absolute atomic E-state index is 0.0524. The lowest BCUT2D eigenvalue weighted by Crippen LogP contribution is -2.30. The van der Waals surface area contributed by atoms with Gasteiger partial charge in [0.15, 0.2) is 6.10 Å². The van der Waals surface area contributed by atoms with Crippen molar-refractivity contribution < 1.29 is 23.8 Å². The first-order chi connectivity index (χ1) is 32.6. The third kappa shape index (κ3) is 53.4. The second-order valence-electron chi connectivity index (χ2n) is 18.1. The number of hydrogen-bond donors (Lipinski definition) is 0. The van der Waals surface area contributed by atoms with Gasteiger partial charge in [0.25, 0.3) is 0 Å². The number of unbranched alkanes of at least 4 members (excludes halogenated alkanes) is 23. The van der Waals surface area contributed by atoms with Gasteiger partial charge in [0, 0.05) is 19.4 Å². The molecular weight excluding hydrogens is 813 g/mol. The van der Waals surface area contributed by atoms with Crippen molar-refractivity contribution in [3.8, 4) is 0 Å². The largest absolute Gasteiger partial charge is 0.462 e. The van der Waals surface area contributed by atoms with Crippen LogP contribution < -0.4 is 0 Å². The molecule has 0 aliphatic heterocycles. The standard InChI is InChI=1S/C61H104O5/c1-4-7-10-13-16-19-22-25-28-29-30-31-32-35-38-41-44-47-50-53-56-64-57-59(66-61(63)55-52-49-46-43-40-37-34-27-24-21-18-15-12-9-6-3)58-65-60(62)54-51-48-45-42-39-36-33-26-23-20-17-14-11-8-5-2/h7,10,16-17,19-20,25-26,28,30-31,33,35,38,44,47,59H,4-6,8-9,11-15,18,21-24,27,29,32,34,36-37,39-43,45-46,48-58H2,1-3H3/b10-7-,19-16-,20-17-,28-25-,31-30-,33-26-,38-35-,47-44-. The van der Waals surface area contributed by atoms with Crippen molar-refractivity contribution >= 4 is 11.9 Å². The van der Waals surface area contributed by atoms with Crippen LogP contribution in [0.25, 0.3) is 0 Å². The van der Waals surface area contributed by atoms with Crippen LogP contribution in [0.5, 0.6) is 0 Å². The second-order valence-corrected chi connectivity index (χ2v) is 18.1. The third-order valence-corrected chi connectivity index (χ3v) is 11.6. The summed E-state index contributed by atoms with van der Waals surface area (Å²) in [6.07, 6.45) is 75.7. The zero-order valence-electron chi connectivity index (χ0n) is 43.4. The normalized spacial score (nSPS) is 13.0. The molecule has 0 aliphatic carbocycles. The SMILES string of the molecule is CC/C=C\C/C=C\C/C=C\C/C=C\C/C=C\C/C=C\CCCOCC(COC(=O)CCCCCCC/C=C\C/C=C\CCCCC)OC(=O)CCCCCCCCCCCCCCCCC. The summed E-state index contributed by atoms with van der Waals surface area (Å²) in [4.78, 5) is 25.5. The summed E-state index contributed by atoms with van der Waals surface area (Å²) in [5.74, 6) is -0.442. The van der Waals surface area contributed by atoms with Gasteiger partial charge in [0.1, 0.15) is 6.61 Å². The molecule has 1 unspecified atom stereocenters. The number of carbonyl (C=O) groups is 2. The molecule has 66 heavy (non-hydrogen) atoms. The molecule has 0 amide bonds. The molecule has 0 aromatic rings. The Morgan fingerprint density at radius 2 is 0.682 bits per heavy atom. The van der Waals surface area contributed by atoms with Gasteiger partial charge in [0.05, 0.1) is 6.61 Å². The predicted octanol–water partition coefficient (Wildman–Crippen LogP) is 19.0. The fourth-order valence-corrected chi connectivity index (χ4v) is 7.50. The summed E-state index contributed by atoms with van der Waals surface area (Å²) < 4.78 is 17.4. The minimum Gasteiger partial charge on any atom is -0.462 e. The second kappa shape index (κ2) is 56.1. The number of rotatable bonds is 50. The Kier molecular flexibility index (Phi) is 53.4. The van der Waals surface area contributed by atoms with E-state index in [1.165, 1.54) is 122 Å². The van der Waals surface area contributed by atoms with E-state index in [0.717, 1.165) is 96.3 Å². The zero-order chi connectivity index (χ0) is 47.7. The quantitative estimate of drug-likeness (QED) is 0.0346. The molecule has 5 nitrogen and oxygen atoms in total. The Morgan fingerprint density at radius 1 is 0.348 bits per heavy atom. The van der Waals surface area contributed by atoms with E-state index in [1.54, 1.807) is 0 Å². The summed E-state index contributed by atoms with van der Waals surface area (Å²) in [6, 6.07) is 0. The fraction of sp³-hybridized carbons (Fsp3) is 0.705. The van der Waals surface area contributed by atoms with Crippen molar-refractivity contribution in [2.24, 2.45) is 0 Å². The van der Waals surface area contributed by atoms with Gasteiger partial charge >= 0.3 is 11.9 Å². The highest BCUT2D eigenvalue weighted by atomic mass is 16.6. The lowest BCUT2D eigenvalue weighted by atomic mass is 10.0. The van der Waals surface area contributed by atoms with E-state index in [2.05, 4.69) is 118 Å². The van der Waals surface area contributed by atoms with E-state index in [4.69, 9.17) is 14.2 Å². The molecule has 0 aromatic carbocycles. The molecular formula is C61H104O5. The maximum atomic E-state index is 12.8. The van der Waals surface area contributed by atoms with E-state index < -0.39 is 6.10 Å². The zero-order valence-corrected chi connectivity index (χ0v) is 43.4. The molecule has 0 spiro atoms. The van der Waals surface area contributed by atoms with Crippen LogP contribution in [0, 0.1) is 0 Å². The Labute approximate surface area is 409 Å². The number of hydrogen-bond acceptors (Lipinski definition) is 5. The van der Waals surface area contributed by atoms with Crippen LogP contribution in [0.1, 0.15) is 252 Å². The van der Waals surface area contributed by atoms with Gasteiger partial charge < -0.3 is 14.2 Å². The fourth-order valence-electron chi connectivity index (χ4n) is 7.50. The minimum atomic E-state index is -0.576. The van der Waals surface area contributed by atoms with Crippen molar-refractivity contribution in [2.45, 2.75) is 258 Å². The molecule has 1 atom stereocenters. The first-order valence-electron chi connectivity index (χ1n) is 27.8. The summed E-state index contributed by atoms with van der Waals surface area (Å²) in [7, 11) is 0. The van der Waals surface area contributed by atoms with Crippen LogP contribution in [-0.2, 0) is 23.8 Å². The third-order valence-electron chi connectivity index (χ3n) is 11.6. The number of carbonyl (C=O) groups excluding carboxylic acids is 2. The molecule has 0 saturated carbocycles. The molecule has 0 aliphatic rings. The molecule has 0 heterocycles. The highest BCUT2D eigenvalue weighted by molar-refractivity contribution is 5.70. The topological polar surface area (TPSA) is 61.8 Å². The molecule has 0 N–H and O–H groups in total. The van der Waals surface area contributed by atoms with Gasteiger partial charge in [-0.05, 0) is 96.3 Å². The molecule has 378 valence electrons. The van der Waals surface area contributed by atoms with Crippen LogP contribution in [0.4, 0.5) is 0 Å². The maximum Gasteiger partial charge on any atom is 0.306 e. The Balaban J connectivity index is 4.40. The molecule has 0 rings (SSSR count). The van der Waals surface area contributed by atoms with Gasteiger partial charge in [-0.25, -0.2) is 0 Å². The molecule has 0 saturated heterocycles. The molecule has 5 heteroatoms. The Bertz CT molecular complexity index is 1270.